The van der Waals surface area contributed by atoms with Gasteiger partial charge in [-0.2, -0.15) is 0 Å². The molecule has 1 amide bonds. The largest absolute Gasteiger partial charge is 0.493 e. The molecule has 0 radical (unpaired) electrons. The molecule has 1 N–H and O–H groups in total. The van der Waals surface area contributed by atoms with E-state index < -0.39 is 0 Å². The van der Waals surface area contributed by atoms with Crippen LogP contribution in [-0.2, 0) is 4.79 Å². The van der Waals surface area contributed by atoms with Crippen LogP contribution in [0.2, 0.25) is 0 Å². The second-order valence-corrected chi connectivity index (χ2v) is 4.98. The lowest BCUT2D eigenvalue weighted by Gasteiger charge is -2.10. The fraction of sp³-hybridized carbons (Fsp3) is 0.222. The summed E-state index contributed by atoms with van der Waals surface area (Å²) in [7, 11) is 3.04. The minimum atomic E-state index is -0.236. The molecule has 0 fully saturated rings. The molecule has 2 rings (SSSR count). The lowest BCUT2D eigenvalue weighted by atomic mass is 10.1. The Labute approximate surface area is 140 Å². The molecule has 1 heterocycles. The molecule has 1 aromatic heterocycles. The molecule has 0 unspecified atom stereocenters. The van der Waals surface area contributed by atoms with E-state index in [4.69, 9.17) is 13.9 Å². The summed E-state index contributed by atoms with van der Waals surface area (Å²) in [6, 6.07) is 8.54. The normalized spacial score (nSPS) is 10.6. The third kappa shape index (κ3) is 4.49. The number of ketones is 1. The number of hydrogen-bond acceptors (Lipinski definition) is 5. The van der Waals surface area contributed by atoms with Crippen LogP contribution in [0.1, 0.15) is 21.9 Å². The van der Waals surface area contributed by atoms with Gasteiger partial charge in [-0.1, -0.05) is 12.1 Å². The van der Waals surface area contributed by atoms with Gasteiger partial charge in [0.1, 0.15) is 5.76 Å². The van der Waals surface area contributed by atoms with E-state index in [0.717, 1.165) is 5.56 Å². The van der Waals surface area contributed by atoms with Crippen LogP contribution in [0.4, 0.5) is 0 Å². The number of carbonyl (C=O) groups is 2. The number of furan rings is 1. The molecule has 0 atom stereocenters. The molecule has 0 spiro atoms. The highest BCUT2D eigenvalue weighted by atomic mass is 16.5. The summed E-state index contributed by atoms with van der Waals surface area (Å²) in [5.74, 6) is 1.45. The van der Waals surface area contributed by atoms with Crippen LogP contribution in [0.15, 0.2) is 40.8 Å². The first-order chi connectivity index (χ1) is 11.5. The zero-order chi connectivity index (χ0) is 17.5. The second-order valence-electron chi connectivity index (χ2n) is 4.98. The first kappa shape index (κ1) is 17.3. The van der Waals surface area contributed by atoms with Crippen LogP contribution in [0.5, 0.6) is 11.5 Å². The van der Waals surface area contributed by atoms with Crippen molar-refractivity contribution in [2.24, 2.45) is 0 Å². The number of nitrogens with one attached hydrogen (secondary N) is 1. The number of benzene rings is 1. The second kappa shape index (κ2) is 8.01. The summed E-state index contributed by atoms with van der Waals surface area (Å²) < 4.78 is 15.9. The molecule has 126 valence electrons. The smallest absolute Gasteiger partial charge is 0.257 e. The Hall–Kier alpha value is -3.02. The van der Waals surface area contributed by atoms with Gasteiger partial charge in [0.25, 0.3) is 5.91 Å². The minimum Gasteiger partial charge on any atom is -0.493 e. The Morgan fingerprint density at radius 3 is 2.62 bits per heavy atom. The van der Waals surface area contributed by atoms with Crippen LogP contribution >= 0.6 is 0 Å². The Bertz CT molecular complexity index is 761. The van der Waals surface area contributed by atoms with Crippen molar-refractivity contribution in [3.8, 4) is 11.5 Å². The fourth-order valence-corrected chi connectivity index (χ4v) is 1.94. The molecule has 0 aliphatic heterocycles. The molecule has 6 heteroatoms. The molecule has 1 aromatic carbocycles. The zero-order valence-electron chi connectivity index (χ0n) is 13.8. The van der Waals surface area contributed by atoms with Crippen molar-refractivity contribution in [2.75, 3.05) is 20.8 Å². The first-order valence-electron chi connectivity index (χ1n) is 7.33. The SMILES string of the molecule is CNC(=O)COc1ccc(C=CC(=O)c2ccc(C)o2)cc1OC. The maximum absolute atomic E-state index is 12.0. The number of allylic oxidation sites excluding steroid dienone is 1. The highest BCUT2D eigenvalue weighted by molar-refractivity contribution is 6.04. The monoisotopic (exact) mass is 329 g/mol. The summed E-state index contributed by atoms with van der Waals surface area (Å²) in [6.45, 7) is 1.68. The van der Waals surface area contributed by atoms with Gasteiger partial charge in [0.05, 0.1) is 7.11 Å². The third-order valence-electron chi connectivity index (χ3n) is 3.24. The molecule has 0 saturated carbocycles. The summed E-state index contributed by atoms with van der Waals surface area (Å²) in [5, 5.41) is 2.47. The molecule has 0 aliphatic carbocycles. The predicted molar refractivity (Wildman–Crippen MR) is 89.4 cm³/mol. The Kier molecular flexibility index (Phi) is 5.78. The summed E-state index contributed by atoms with van der Waals surface area (Å²) in [4.78, 5) is 23.2. The molecule has 6 nitrogen and oxygen atoms in total. The molecule has 0 saturated heterocycles. The highest BCUT2D eigenvalue weighted by Gasteiger charge is 2.09. The van der Waals surface area contributed by atoms with Crippen molar-refractivity contribution in [1.29, 1.82) is 0 Å². The number of amides is 1. The van der Waals surface area contributed by atoms with Crippen LogP contribution in [0.25, 0.3) is 6.08 Å². The van der Waals surface area contributed by atoms with Crippen LogP contribution in [-0.4, -0.2) is 32.5 Å². The molecule has 24 heavy (non-hydrogen) atoms. The van der Waals surface area contributed by atoms with Crippen molar-refractivity contribution in [3.05, 3.63) is 53.5 Å². The number of aryl methyl sites for hydroxylation is 1. The van der Waals surface area contributed by atoms with E-state index in [-0.39, 0.29) is 18.3 Å². The average Bonchev–Trinajstić information content (AvgIpc) is 3.04. The number of hydrogen-bond donors (Lipinski definition) is 1. The first-order valence-corrected chi connectivity index (χ1v) is 7.33. The van der Waals surface area contributed by atoms with E-state index in [1.54, 1.807) is 43.3 Å². The fourth-order valence-electron chi connectivity index (χ4n) is 1.94. The number of ether oxygens (including phenoxy) is 2. The molecule has 0 aliphatic rings. The highest BCUT2D eigenvalue weighted by Crippen LogP contribution is 2.28. The maximum atomic E-state index is 12.0. The van der Waals surface area contributed by atoms with E-state index in [9.17, 15) is 9.59 Å². The maximum Gasteiger partial charge on any atom is 0.257 e. The van der Waals surface area contributed by atoms with Crippen molar-refractivity contribution >= 4 is 17.8 Å². The van der Waals surface area contributed by atoms with Gasteiger partial charge in [0.15, 0.2) is 23.9 Å². The van der Waals surface area contributed by atoms with Gasteiger partial charge in [-0.25, -0.2) is 0 Å². The van der Waals surface area contributed by atoms with Crippen molar-refractivity contribution in [3.63, 3.8) is 0 Å². The molecule has 2 aromatic rings. The summed E-state index contributed by atoms with van der Waals surface area (Å²) in [6.07, 6.45) is 3.09. The Morgan fingerprint density at radius 2 is 2.00 bits per heavy atom. The average molecular weight is 329 g/mol. The number of carbonyl (C=O) groups excluding carboxylic acids is 2. The van der Waals surface area contributed by atoms with Crippen LogP contribution in [0.3, 0.4) is 0 Å². The van der Waals surface area contributed by atoms with Crippen molar-refractivity contribution < 1.29 is 23.5 Å². The van der Waals surface area contributed by atoms with E-state index in [1.807, 2.05) is 0 Å². The van der Waals surface area contributed by atoms with Gasteiger partial charge in [-0.15, -0.1) is 0 Å². The van der Waals surface area contributed by atoms with Crippen molar-refractivity contribution in [2.45, 2.75) is 6.92 Å². The topological polar surface area (TPSA) is 77.8 Å². The molecular weight excluding hydrogens is 310 g/mol. The standard InChI is InChI=1S/C18H19NO5/c1-12-4-8-15(24-12)14(20)7-5-13-6-9-16(17(10-13)22-3)23-11-18(21)19-2/h4-10H,11H2,1-3H3,(H,19,21). The molecular formula is C18H19NO5. The van der Waals surface area contributed by atoms with E-state index >= 15 is 0 Å². The van der Waals surface area contributed by atoms with Gasteiger partial charge in [-0.3, -0.25) is 9.59 Å². The van der Waals surface area contributed by atoms with Crippen LogP contribution < -0.4 is 14.8 Å². The van der Waals surface area contributed by atoms with E-state index in [1.165, 1.54) is 20.2 Å². The lowest BCUT2D eigenvalue weighted by molar-refractivity contribution is -0.122. The summed E-state index contributed by atoms with van der Waals surface area (Å²) in [5.41, 5.74) is 0.760. The number of likely N-dealkylation sites (N-methyl/N-ethyl adjacent to an activating group) is 1. The Balaban J connectivity index is 2.09. The van der Waals surface area contributed by atoms with E-state index in [2.05, 4.69) is 5.32 Å². The minimum absolute atomic E-state index is 0.0988. The van der Waals surface area contributed by atoms with Crippen molar-refractivity contribution in [1.82, 2.24) is 5.32 Å². The Morgan fingerprint density at radius 1 is 1.21 bits per heavy atom. The van der Waals surface area contributed by atoms with Gasteiger partial charge < -0.3 is 19.2 Å². The predicted octanol–water partition coefficient (Wildman–Crippen LogP) is 2.62. The van der Waals surface area contributed by atoms with Gasteiger partial charge in [-0.05, 0) is 42.8 Å². The third-order valence-corrected chi connectivity index (χ3v) is 3.24. The van der Waals surface area contributed by atoms with Gasteiger partial charge in [0.2, 0.25) is 5.78 Å². The lowest BCUT2D eigenvalue weighted by Crippen LogP contribution is -2.24. The van der Waals surface area contributed by atoms with Gasteiger partial charge in [0, 0.05) is 7.05 Å². The van der Waals surface area contributed by atoms with E-state index in [0.29, 0.717) is 23.0 Å². The quantitative estimate of drug-likeness (QED) is 0.624. The van der Waals surface area contributed by atoms with Gasteiger partial charge >= 0.3 is 0 Å². The summed E-state index contributed by atoms with van der Waals surface area (Å²) >= 11 is 0. The number of rotatable bonds is 7. The number of methoxy groups -OCH3 is 1. The zero-order valence-corrected chi connectivity index (χ0v) is 13.8. The van der Waals surface area contributed by atoms with Crippen LogP contribution in [0, 0.1) is 6.92 Å². The molecule has 0 bridgehead atoms.